The summed E-state index contributed by atoms with van der Waals surface area (Å²) >= 11 is 3.68. The van der Waals surface area contributed by atoms with Crippen LogP contribution < -0.4 is 4.90 Å². The van der Waals surface area contributed by atoms with Gasteiger partial charge in [0, 0.05) is 17.6 Å². The molecule has 4 fully saturated rings. The van der Waals surface area contributed by atoms with Gasteiger partial charge in [-0.3, -0.25) is 14.4 Å². The van der Waals surface area contributed by atoms with E-state index in [-0.39, 0.29) is 11.4 Å². The fourth-order valence-electron chi connectivity index (χ4n) is 6.73. The number of halogens is 1. The van der Waals surface area contributed by atoms with Crippen LogP contribution in [0.15, 0.2) is 71.3 Å². The van der Waals surface area contributed by atoms with Gasteiger partial charge in [-0.05, 0) is 96.5 Å². The van der Waals surface area contributed by atoms with Gasteiger partial charge in [-0.15, -0.1) is 0 Å². The van der Waals surface area contributed by atoms with Gasteiger partial charge >= 0.3 is 0 Å². The number of nitrogens with zero attached hydrogens (tertiary/aromatic N) is 3. The lowest BCUT2D eigenvalue weighted by atomic mass is 9.53. The second kappa shape index (κ2) is 7.33. The normalized spacial score (nSPS) is 28.6. The van der Waals surface area contributed by atoms with Gasteiger partial charge < -0.3 is 0 Å². The summed E-state index contributed by atoms with van der Waals surface area (Å²) in [5.74, 6) is 2.39. The second-order valence-electron chi connectivity index (χ2n) is 9.72. The molecule has 1 amide bonds. The molecule has 7 rings (SSSR count). The monoisotopic (exact) mass is 475 g/mol. The van der Waals surface area contributed by atoms with Crippen molar-refractivity contribution in [1.82, 2.24) is 9.78 Å². The van der Waals surface area contributed by atoms with Gasteiger partial charge in [-0.2, -0.15) is 5.10 Å². The Labute approximate surface area is 191 Å². The third-order valence-corrected chi connectivity index (χ3v) is 8.18. The highest BCUT2D eigenvalue weighted by molar-refractivity contribution is 9.10. The Morgan fingerprint density at radius 1 is 0.871 bits per heavy atom. The molecule has 0 radical (unpaired) electrons. The number of benzene rings is 2. The average Bonchev–Trinajstić information content (AvgIpc) is 3.17. The van der Waals surface area contributed by atoms with E-state index in [2.05, 4.69) is 26.8 Å². The summed E-state index contributed by atoms with van der Waals surface area (Å²) in [5, 5.41) is 4.95. The molecule has 0 atom stereocenters. The molecule has 4 saturated carbocycles. The van der Waals surface area contributed by atoms with Crippen LogP contribution >= 0.6 is 15.9 Å². The summed E-state index contributed by atoms with van der Waals surface area (Å²) in [6.07, 6.45) is 9.87. The second-order valence-corrected chi connectivity index (χ2v) is 10.6. The number of anilines is 2. The van der Waals surface area contributed by atoms with Crippen LogP contribution in [-0.4, -0.2) is 15.7 Å². The lowest BCUT2D eigenvalue weighted by Gasteiger charge is -2.56. The van der Waals surface area contributed by atoms with E-state index < -0.39 is 0 Å². The molecule has 1 aromatic heterocycles. The van der Waals surface area contributed by atoms with Crippen LogP contribution in [0.2, 0.25) is 0 Å². The fraction of sp³-hybridized carbons (Fsp3) is 0.385. The predicted molar refractivity (Wildman–Crippen MR) is 125 cm³/mol. The average molecular weight is 476 g/mol. The van der Waals surface area contributed by atoms with Crippen molar-refractivity contribution in [2.24, 2.45) is 17.8 Å². The van der Waals surface area contributed by atoms with Crippen LogP contribution in [0.1, 0.15) is 49.0 Å². The zero-order valence-electron chi connectivity index (χ0n) is 17.5. The van der Waals surface area contributed by atoms with Crippen molar-refractivity contribution in [3.05, 3.63) is 77.0 Å². The Hall–Kier alpha value is -2.40. The van der Waals surface area contributed by atoms with Crippen LogP contribution in [-0.2, 0) is 5.54 Å². The molecule has 31 heavy (non-hydrogen) atoms. The Kier molecular flexibility index (Phi) is 4.57. The molecule has 0 aliphatic heterocycles. The smallest absolute Gasteiger partial charge is 0.276 e. The van der Waals surface area contributed by atoms with E-state index in [1.54, 1.807) is 4.90 Å². The van der Waals surface area contributed by atoms with Crippen LogP contribution in [0.3, 0.4) is 0 Å². The molecular formula is C26H26BrN3O. The minimum atomic E-state index is -0.104. The van der Waals surface area contributed by atoms with Gasteiger partial charge in [-0.1, -0.05) is 36.4 Å². The number of carbonyl (C=O) groups excluding carboxylic acids is 1. The molecule has 3 aromatic rings. The number of para-hydroxylation sites is 2. The number of carbonyl (C=O) groups is 1. The van der Waals surface area contributed by atoms with Gasteiger partial charge in [0.25, 0.3) is 5.91 Å². The van der Waals surface area contributed by atoms with Gasteiger partial charge in [0.05, 0.1) is 10.0 Å². The van der Waals surface area contributed by atoms with Gasteiger partial charge in [0.15, 0.2) is 5.69 Å². The standard InChI is InChI=1S/C26H26BrN3O/c27-23-17-29(26-14-18-11-19(15-26)13-20(12-18)16-26)28-24(23)25(31)30(21-7-3-1-4-8-21)22-9-5-2-6-10-22/h1-10,17-20H,11-16H2. The Balaban J connectivity index is 1.39. The first-order valence-electron chi connectivity index (χ1n) is 11.3. The number of hydrogen-bond acceptors (Lipinski definition) is 2. The number of amides is 1. The summed E-state index contributed by atoms with van der Waals surface area (Å²) in [4.78, 5) is 15.6. The summed E-state index contributed by atoms with van der Waals surface area (Å²) in [6.45, 7) is 0. The minimum Gasteiger partial charge on any atom is -0.276 e. The molecular weight excluding hydrogens is 450 g/mol. The summed E-state index contributed by atoms with van der Waals surface area (Å²) in [5.41, 5.74) is 2.27. The van der Waals surface area contributed by atoms with E-state index >= 15 is 0 Å². The SMILES string of the molecule is O=C(c1nn(C23CC4CC(CC(C4)C2)C3)cc1Br)N(c1ccccc1)c1ccccc1. The summed E-state index contributed by atoms with van der Waals surface area (Å²) < 4.78 is 2.94. The molecule has 158 valence electrons. The maximum absolute atomic E-state index is 13.8. The maximum atomic E-state index is 13.8. The van der Waals surface area contributed by atoms with Crippen LogP contribution in [0.5, 0.6) is 0 Å². The van der Waals surface area contributed by atoms with Crippen LogP contribution in [0, 0.1) is 17.8 Å². The van der Waals surface area contributed by atoms with Crippen molar-refractivity contribution in [3.8, 4) is 0 Å². The molecule has 4 aliphatic rings. The lowest BCUT2D eigenvalue weighted by molar-refractivity contribution is -0.0495. The van der Waals surface area contributed by atoms with E-state index in [0.29, 0.717) is 5.69 Å². The Morgan fingerprint density at radius 2 is 1.35 bits per heavy atom. The molecule has 5 heteroatoms. The molecule has 4 nitrogen and oxygen atoms in total. The highest BCUT2D eigenvalue weighted by Crippen LogP contribution is 2.58. The molecule has 0 spiro atoms. The predicted octanol–water partition coefficient (Wildman–Crippen LogP) is 6.55. The third-order valence-electron chi connectivity index (χ3n) is 7.60. The van der Waals surface area contributed by atoms with Gasteiger partial charge in [0.2, 0.25) is 0 Å². The molecule has 4 aliphatic carbocycles. The summed E-state index contributed by atoms with van der Waals surface area (Å²) in [7, 11) is 0. The maximum Gasteiger partial charge on any atom is 0.284 e. The molecule has 1 heterocycles. The van der Waals surface area contributed by atoms with E-state index in [1.807, 2.05) is 60.7 Å². The molecule has 2 aromatic carbocycles. The van der Waals surface area contributed by atoms with Crippen molar-refractivity contribution in [2.75, 3.05) is 4.90 Å². The zero-order valence-corrected chi connectivity index (χ0v) is 19.0. The van der Waals surface area contributed by atoms with Crippen molar-refractivity contribution in [3.63, 3.8) is 0 Å². The van der Waals surface area contributed by atoms with Crippen LogP contribution in [0.4, 0.5) is 11.4 Å². The molecule has 4 bridgehead atoms. The van der Waals surface area contributed by atoms with E-state index in [4.69, 9.17) is 5.10 Å². The van der Waals surface area contributed by atoms with E-state index in [0.717, 1.165) is 33.6 Å². The highest BCUT2D eigenvalue weighted by Gasteiger charge is 2.52. The quantitative estimate of drug-likeness (QED) is 0.428. The van der Waals surface area contributed by atoms with Crippen molar-refractivity contribution in [1.29, 1.82) is 0 Å². The molecule has 0 N–H and O–H groups in total. The van der Waals surface area contributed by atoms with Gasteiger partial charge in [0.1, 0.15) is 0 Å². The number of rotatable bonds is 4. The topological polar surface area (TPSA) is 38.1 Å². The van der Waals surface area contributed by atoms with E-state index in [1.165, 1.54) is 38.5 Å². The van der Waals surface area contributed by atoms with Crippen molar-refractivity contribution in [2.45, 2.75) is 44.1 Å². The fourth-order valence-corrected chi connectivity index (χ4v) is 7.17. The minimum absolute atomic E-state index is 0.0973. The first-order valence-corrected chi connectivity index (χ1v) is 12.1. The summed E-state index contributed by atoms with van der Waals surface area (Å²) in [6, 6.07) is 19.6. The first-order chi connectivity index (χ1) is 15.1. The molecule has 0 unspecified atom stereocenters. The number of hydrogen-bond donors (Lipinski definition) is 0. The zero-order chi connectivity index (χ0) is 21.0. The highest BCUT2D eigenvalue weighted by atomic mass is 79.9. The number of aromatic nitrogens is 2. The van der Waals surface area contributed by atoms with Crippen molar-refractivity contribution < 1.29 is 4.79 Å². The Morgan fingerprint density at radius 3 is 1.84 bits per heavy atom. The Bertz CT molecular complexity index is 1030. The van der Waals surface area contributed by atoms with Gasteiger partial charge in [-0.25, -0.2) is 0 Å². The molecule has 0 saturated heterocycles. The van der Waals surface area contributed by atoms with Crippen LogP contribution in [0.25, 0.3) is 0 Å². The lowest BCUT2D eigenvalue weighted by Crippen LogP contribution is -2.52. The first kappa shape index (κ1) is 19.3. The largest absolute Gasteiger partial charge is 0.284 e. The van der Waals surface area contributed by atoms with E-state index in [9.17, 15) is 4.79 Å². The third kappa shape index (κ3) is 3.25. The van der Waals surface area contributed by atoms with Crippen molar-refractivity contribution >= 4 is 33.2 Å².